The van der Waals surface area contributed by atoms with Gasteiger partial charge in [0.05, 0.1) is 6.61 Å². The zero-order valence-electron chi connectivity index (χ0n) is 8.77. The molecule has 1 rings (SSSR count). The Hall–Kier alpha value is 0.0900. The van der Waals surface area contributed by atoms with E-state index < -0.39 is 12.0 Å². The Labute approximate surface area is 98.5 Å². The molecule has 0 amide bonds. The molecule has 0 saturated carbocycles. The molecule has 2 atom stereocenters. The number of carboxylic acid groups (broad SMARTS) is 1. The van der Waals surface area contributed by atoms with Crippen LogP contribution < -0.4 is 5.32 Å². The monoisotopic (exact) mass is 251 g/mol. The summed E-state index contributed by atoms with van der Waals surface area (Å²) in [5.74, 6) is 2.64. The molecule has 6 heteroatoms. The first-order valence-corrected chi connectivity index (χ1v) is 7.09. The molecule has 0 bridgehead atoms. The van der Waals surface area contributed by atoms with Crippen molar-refractivity contribution in [1.82, 2.24) is 5.32 Å². The summed E-state index contributed by atoms with van der Waals surface area (Å²) in [6.45, 7) is 0.970. The van der Waals surface area contributed by atoms with Crippen LogP contribution in [-0.4, -0.2) is 59.9 Å². The van der Waals surface area contributed by atoms with Gasteiger partial charge in [0.2, 0.25) is 0 Å². The van der Waals surface area contributed by atoms with Gasteiger partial charge in [-0.1, -0.05) is 0 Å². The summed E-state index contributed by atoms with van der Waals surface area (Å²) in [6.07, 6.45) is 0. The largest absolute Gasteiger partial charge is 0.480 e. The SMILES string of the molecule is COCC(NCC1CSCCS1)C(=O)O. The molecule has 15 heavy (non-hydrogen) atoms. The summed E-state index contributed by atoms with van der Waals surface area (Å²) in [4.78, 5) is 10.8. The van der Waals surface area contributed by atoms with E-state index in [2.05, 4.69) is 5.32 Å². The lowest BCUT2D eigenvalue weighted by atomic mass is 10.3. The Morgan fingerprint density at radius 2 is 2.47 bits per heavy atom. The Kier molecular flexibility index (Phi) is 6.47. The molecule has 0 radical (unpaired) electrons. The number of hydrogen-bond acceptors (Lipinski definition) is 5. The number of aliphatic carboxylic acids is 1. The van der Waals surface area contributed by atoms with Crippen molar-refractivity contribution in [2.75, 3.05) is 37.5 Å². The van der Waals surface area contributed by atoms with Gasteiger partial charge in [-0.3, -0.25) is 4.79 Å². The minimum atomic E-state index is -0.842. The number of methoxy groups -OCH3 is 1. The van der Waals surface area contributed by atoms with Crippen LogP contribution in [0.15, 0.2) is 0 Å². The van der Waals surface area contributed by atoms with Crippen LogP contribution in [0.3, 0.4) is 0 Å². The van der Waals surface area contributed by atoms with Crippen molar-refractivity contribution in [3.05, 3.63) is 0 Å². The van der Waals surface area contributed by atoms with Gasteiger partial charge < -0.3 is 15.2 Å². The Bertz CT molecular complexity index is 198. The van der Waals surface area contributed by atoms with E-state index in [4.69, 9.17) is 9.84 Å². The number of hydrogen-bond donors (Lipinski definition) is 2. The molecule has 4 nitrogen and oxygen atoms in total. The minimum Gasteiger partial charge on any atom is -0.480 e. The van der Waals surface area contributed by atoms with Crippen molar-refractivity contribution in [1.29, 1.82) is 0 Å². The van der Waals surface area contributed by atoms with E-state index in [1.165, 1.54) is 18.6 Å². The van der Waals surface area contributed by atoms with Crippen molar-refractivity contribution in [2.45, 2.75) is 11.3 Å². The first-order valence-electron chi connectivity index (χ1n) is 4.88. The van der Waals surface area contributed by atoms with Crippen LogP contribution in [0.2, 0.25) is 0 Å². The molecule has 0 aromatic rings. The summed E-state index contributed by atoms with van der Waals surface area (Å²) >= 11 is 3.85. The number of nitrogens with one attached hydrogen (secondary N) is 1. The molecule has 1 aliphatic heterocycles. The van der Waals surface area contributed by atoms with E-state index in [1.807, 2.05) is 23.5 Å². The molecule has 1 aliphatic rings. The second-order valence-corrected chi connectivity index (χ2v) is 5.88. The van der Waals surface area contributed by atoms with Crippen LogP contribution >= 0.6 is 23.5 Å². The average molecular weight is 251 g/mol. The highest BCUT2D eigenvalue weighted by Crippen LogP contribution is 2.23. The van der Waals surface area contributed by atoms with Gasteiger partial charge in [-0.15, -0.1) is 0 Å². The van der Waals surface area contributed by atoms with Crippen LogP contribution in [0.1, 0.15) is 0 Å². The lowest BCUT2D eigenvalue weighted by molar-refractivity contribution is -0.140. The molecule has 1 heterocycles. The second-order valence-electron chi connectivity index (χ2n) is 3.32. The third-order valence-corrected chi connectivity index (χ3v) is 4.95. The number of thioether (sulfide) groups is 2. The number of carboxylic acids is 1. The van der Waals surface area contributed by atoms with Gasteiger partial charge in [-0.05, 0) is 0 Å². The standard InChI is InChI=1S/C9H17NO3S2/c1-13-5-8(9(11)12)10-4-7-6-14-2-3-15-7/h7-8,10H,2-6H2,1H3,(H,11,12). The Morgan fingerprint density at radius 3 is 3.00 bits per heavy atom. The van der Waals surface area contributed by atoms with Gasteiger partial charge in [0.15, 0.2) is 0 Å². The number of rotatable bonds is 6. The Morgan fingerprint density at radius 1 is 1.67 bits per heavy atom. The fraction of sp³-hybridized carbons (Fsp3) is 0.889. The molecule has 0 aromatic heterocycles. The highest BCUT2D eigenvalue weighted by Gasteiger charge is 2.20. The molecule has 1 fully saturated rings. The topological polar surface area (TPSA) is 58.6 Å². The van der Waals surface area contributed by atoms with Crippen LogP contribution in [0.5, 0.6) is 0 Å². The molecule has 88 valence electrons. The maximum Gasteiger partial charge on any atom is 0.323 e. The molecular weight excluding hydrogens is 234 g/mol. The smallest absolute Gasteiger partial charge is 0.323 e. The van der Waals surface area contributed by atoms with Gasteiger partial charge in [-0.25, -0.2) is 0 Å². The van der Waals surface area contributed by atoms with Crippen LogP contribution in [-0.2, 0) is 9.53 Å². The number of ether oxygens (including phenoxy) is 1. The van der Waals surface area contributed by atoms with Gasteiger partial charge in [0.1, 0.15) is 6.04 Å². The lowest BCUT2D eigenvalue weighted by Gasteiger charge is -2.23. The van der Waals surface area contributed by atoms with E-state index in [0.717, 1.165) is 12.3 Å². The molecule has 0 aromatic carbocycles. The van der Waals surface area contributed by atoms with E-state index >= 15 is 0 Å². The van der Waals surface area contributed by atoms with Gasteiger partial charge in [-0.2, -0.15) is 23.5 Å². The molecule has 0 aliphatic carbocycles. The molecule has 1 saturated heterocycles. The second kappa shape index (κ2) is 7.38. The first-order chi connectivity index (χ1) is 7.24. The van der Waals surface area contributed by atoms with E-state index in [9.17, 15) is 4.79 Å². The quantitative estimate of drug-likeness (QED) is 0.718. The normalized spacial score (nSPS) is 23.7. The van der Waals surface area contributed by atoms with E-state index in [0.29, 0.717) is 5.25 Å². The highest BCUT2D eigenvalue weighted by molar-refractivity contribution is 8.06. The Balaban J connectivity index is 2.22. The number of carbonyl (C=O) groups is 1. The van der Waals surface area contributed by atoms with Crippen molar-refractivity contribution >= 4 is 29.5 Å². The lowest BCUT2D eigenvalue weighted by Crippen LogP contribution is -2.44. The fourth-order valence-corrected chi connectivity index (χ4v) is 3.94. The van der Waals surface area contributed by atoms with E-state index in [-0.39, 0.29) is 6.61 Å². The maximum absolute atomic E-state index is 10.8. The summed E-state index contributed by atoms with van der Waals surface area (Å²) in [5.41, 5.74) is 0. The van der Waals surface area contributed by atoms with Gasteiger partial charge in [0.25, 0.3) is 0 Å². The van der Waals surface area contributed by atoms with Crippen molar-refractivity contribution < 1.29 is 14.6 Å². The van der Waals surface area contributed by atoms with Gasteiger partial charge >= 0.3 is 5.97 Å². The third-order valence-electron chi connectivity index (χ3n) is 2.11. The third kappa shape index (κ3) is 5.10. The van der Waals surface area contributed by atoms with Crippen LogP contribution in [0, 0.1) is 0 Å². The summed E-state index contributed by atoms with van der Waals surface area (Å²) < 4.78 is 4.85. The predicted octanol–water partition coefficient (Wildman–Crippen LogP) is 0.524. The summed E-state index contributed by atoms with van der Waals surface area (Å²) in [6, 6.07) is -0.581. The molecule has 0 spiro atoms. The van der Waals surface area contributed by atoms with Crippen molar-refractivity contribution in [2.24, 2.45) is 0 Å². The van der Waals surface area contributed by atoms with Crippen molar-refractivity contribution in [3.63, 3.8) is 0 Å². The van der Waals surface area contributed by atoms with Gasteiger partial charge in [0, 0.05) is 36.2 Å². The first kappa shape index (κ1) is 13.2. The average Bonchev–Trinajstić information content (AvgIpc) is 2.25. The molecule has 2 unspecified atom stereocenters. The maximum atomic E-state index is 10.8. The highest BCUT2D eigenvalue weighted by atomic mass is 32.2. The van der Waals surface area contributed by atoms with Crippen LogP contribution in [0.25, 0.3) is 0 Å². The molecule has 2 N–H and O–H groups in total. The minimum absolute atomic E-state index is 0.222. The van der Waals surface area contributed by atoms with E-state index in [1.54, 1.807) is 0 Å². The predicted molar refractivity (Wildman–Crippen MR) is 64.9 cm³/mol. The zero-order chi connectivity index (χ0) is 11.1. The van der Waals surface area contributed by atoms with Crippen LogP contribution in [0.4, 0.5) is 0 Å². The zero-order valence-corrected chi connectivity index (χ0v) is 10.4. The molecular formula is C9H17NO3S2. The summed E-state index contributed by atoms with van der Waals surface area (Å²) in [5, 5.41) is 12.4. The fourth-order valence-electron chi connectivity index (χ4n) is 1.31. The van der Waals surface area contributed by atoms with Crippen molar-refractivity contribution in [3.8, 4) is 0 Å². The summed E-state index contributed by atoms with van der Waals surface area (Å²) in [7, 11) is 1.52.